The highest BCUT2D eigenvalue weighted by atomic mass is 16.6. The molecule has 10 nitrogen and oxygen atoms in total. The Kier molecular flexibility index (Phi) is 7.79. The van der Waals surface area contributed by atoms with Crippen molar-refractivity contribution in [3.8, 4) is 5.75 Å². The molecule has 1 fully saturated rings. The zero-order valence-corrected chi connectivity index (χ0v) is 19.9. The minimum absolute atomic E-state index is 0.114. The van der Waals surface area contributed by atoms with Crippen molar-refractivity contribution in [3.63, 3.8) is 0 Å². The van der Waals surface area contributed by atoms with Crippen LogP contribution < -0.4 is 10.4 Å². The highest BCUT2D eigenvalue weighted by Crippen LogP contribution is 2.42. The first kappa shape index (κ1) is 25.9. The van der Waals surface area contributed by atoms with E-state index in [4.69, 9.17) is 23.5 Å². The first-order chi connectivity index (χ1) is 16.1. The summed E-state index contributed by atoms with van der Waals surface area (Å²) >= 11 is 0. The molecule has 1 aromatic carbocycles. The monoisotopic (exact) mass is 477 g/mol. The molecule has 0 amide bonds. The van der Waals surface area contributed by atoms with Gasteiger partial charge in [-0.3, -0.25) is 0 Å². The van der Waals surface area contributed by atoms with Gasteiger partial charge >= 0.3 is 5.63 Å². The van der Waals surface area contributed by atoms with E-state index < -0.39 is 42.2 Å². The Bertz CT molecular complexity index is 1140. The number of fused-ring (bicyclic) bond motifs is 1. The summed E-state index contributed by atoms with van der Waals surface area (Å²) in [6.07, 6.45) is -3.12. The molecule has 0 radical (unpaired) electrons. The number of hydrogen-bond acceptors (Lipinski definition) is 10. The van der Waals surface area contributed by atoms with Gasteiger partial charge < -0.3 is 38.8 Å². The Morgan fingerprint density at radius 2 is 2.00 bits per heavy atom. The van der Waals surface area contributed by atoms with Crippen LogP contribution in [-0.2, 0) is 14.3 Å². The van der Waals surface area contributed by atoms with Gasteiger partial charge in [0.15, 0.2) is 0 Å². The van der Waals surface area contributed by atoms with E-state index in [0.29, 0.717) is 16.5 Å². The third kappa shape index (κ3) is 4.35. The van der Waals surface area contributed by atoms with Crippen molar-refractivity contribution in [2.24, 2.45) is 5.16 Å². The van der Waals surface area contributed by atoms with Crippen molar-refractivity contribution in [1.29, 1.82) is 0 Å². The van der Waals surface area contributed by atoms with E-state index >= 15 is 0 Å². The molecule has 0 spiro atoms. The number of aryl methyl sites for hydroxylation is 1. The molecule has 34 heavy (non-hydrogen) atoms. The Morgan fingerprint density at radius 1 is 1.29 bits per heavy atom. The van der Waals surface area contributed by atoms with Crippen LogP contribution in [0.2, 0.25) is 0 Å². The molecular formula is C24H31NO9. The van der Waals surface area contributed by atoms with Crippen molar-refractivity contribution in [1.82, 2.24) is 0 Å². The Hall–Kier alpha value is -2.76. The predicted molar refractivity (Wildman–Crippen MR) is 124 cm³/mol. The van der Waals surface area contributed by atoms with Crippen molar-refractivity contribution in [3.05, 3.63) is 51.9 Å². The van der Waals surface area contributed by atoms with E-state index in [1.807, 2.05) is 0 Å². The normalized spacial score (nSPS) is 27.6. The van der Waals surface area contributed by atoms with E-state index in [2.05, 4.69) is 11.7 Å². The molecular weight excluding hydrogens is 446 g/mol. The standard InChI is InChI=1S/C24H31NO9/c1-7-10-32-20-15-9-8-14(12(2)19(15)33-23(29)16(20)13(3)25-31-6)21-17(27)18(28)22(30-5)24(4,11-26)34-21/h7-9,17-18,21-22,26-28H,1,10-11H2,2-6H3/t17-,18-,21+,22-,24-/m1/s1. The Labute approximate surface area is 197 Å². The number of oxime groups is 1. The first-order valence-corrected chi connectivity index (χ1v) is 10.7. The molecule has 0 saturated carbocycles. The van der Waals surface area contributed by atoms with Gasteiger partial charge in [0.05, 0.1) is 17.7 Å². The van der Waals surface area contributed by atoms with Crippen LogP contribution in [0.15, 0.2) is 39.2 Å². The third-order valence-electron chi connectivity index (χ3n) is 6.10. The van der Waals surface area contributed by atoms with E-state index in [1.54, 1.807) is 39.0 Å². The Morgan fingerprint density at radius 3 is 2.59 bits per heavy atom. The van der Waals surface area contributed by atoms with Gasteiger partial charge in [-0.2, -0.15) is 0 Å². The van der Waals surface area contributed by atoms with Gasteiger partial charge in [-0.15, -0.1) is 0 Å². The molecule has 1 aliphatic rings. The maximum absolute atomic E-state index is 12.9. The molecule has 3 N–H and O–H groups in total. The fourth-order valence-corrected chi connectivity index (χ4v) is 4.39. The largest absolute Gasteiger partial charge is 0.488 e. The number of ether oxygens (including phenoxy) is 3. The summed E-state index contributed by atoms with van der Waals surface area (Å²) in [7, 11) is 2.73. The van der Waals surface area contributed by atoms with Crippen molar-refractivity contribution in [2.45, 2.75) is 50.8 Å². The zero-order chi connectivity index (χ0) is 25.2. The Balaban J connectivity index is 2.22. The van der Waals surface area contributed by atoms with Crippen molar-refractivity contribution >= 4 is 16.7 Å². The average molecular weight is 478 g/mol. The number of aliphatic hydroxyl groups is 3. The lowest BCUT2D eigenvalue weighted by atomic mass is 9.83. The average Bonchev–Trinajstić information content (AvgIpc) is 2.81. The minimum Gasteiger partial charge on any atom is -0.488 e. The first-order valence-electron chi connectivity index (χ1n) is 10.7. The molecule has 5 atom stereocenters. The van der Waals surface area contributed by atoms with Gasteiger partial charge in [0.25, 0.3) is 0 Å². The molecule has 10 heteroatoms. The maximum atomic E-state index is 12.9. The van der Waals surface area contributed by atoms with Crippen LogP contribution in [0.4, 0.5) is 0 Å². The van der Waals surface area contributed by atoms with Crippen LogP contribution in [0, 0.1) is 6.92 Å². The number of rotatable bonds is 8. The second kappa shape index (κ2) is 10.2. The van der Waals surface area contributed by atoms with Gasteiger partial charge in [-0.05, 0) is 38.0 Å². The summed E-state index contributed by atoms with van der Waals surface area (Å²) in [5.41, 5.74) is -0.383. The van der Waals surface area contributed by atoms with E-state index in [1.165, 1.54) is 14.2 Å². The van der Waals surface area contributed by atoms with Gasteiger partial charge in [0.1, 0.15) is 60.6 Å². The second-order valence-corrected chi connectivity index (χ2v) is 8.36. The second-order valence-electron chi connectivity index (χ2n) is 8.36. The highest BCUT2D eigenvalue weighted by molar-refractivity contribution is 6.05. The number of methoxy groups -OCH3 is 1. The zero-order valence-electron chi connectivity index (χ0n) is 19.9. The predicted octanol–water partition coefficient (Wildman–Crippen LogP) is 1.60. The lowest BCUT2D eigenvalue weighted by Gasteiger charge is -2.48. The summed E-state index contributed by atoms with van der Waals surface area (Å²) in [5.74, 6) is 0.254. The molecule has 0 aliphatic carbocycles. The molecule has 1 aromatic heterocycles. The molecule has 1 saturated heterocycles. The van der Waals surface area contributed by atoms with Crippen LogP contribution in [0.3, 0.4) is 0 Å². The lowest BCUT2D eigenvalue weighted by molar-refractivity contribution is -0.279. The SMILES string of the molecule is C=CCOc1c(C(C)=NOC)c(=O)oc2c(C)c([C@@H]3O[C@](C)(CO)[C@H](OC)[C@H](O)[C@H]3O)ccc12. The fraction of sp³-hybridized carbons (Fsp3) is 0.500. The van der Waals surface area contributed by atoms with Gasteiger partial charge in [0.2, 0.25) is 0 Å². The molecule has 0 bridgehead atoms. The van der Waals surface area contributed by atoms with Crippen LogP contribution >= 0.6 is 0 Å². The molecule has 2 heterocycles. The molecule has 0 unspecified atom stereocenters. The maximum Gasteiger partial charge on any atom is 0.349 e. The van der Waals surface area contributed by atoms with Crippen LogP contribution in [0.25, 0.3) is 11.0 Å². The van der Waals surface area contributed by atoms with Gasteiger partial charge in [-0.1, -0.05) is 23.9 Å². The van der Waals surface area contributed by atoms with Gasteiger partial charge in [-0.25, -0.2) is 4.79 Å². The summed E-state index contributed by atoms with van der Waals surface area (Å²) in [6.45, 7) is 8.23. The van der Waals surface area contributed by atoms with E-state index in [9.17, 15) is 20.1 Å². The number of benzene rings is 1. The summed E-state index contributed by atoms with van der Waals surface area (Å²) in [4.78, 5) is 17.8. The van der Waals surface area contributed by atoms with Crippen LogP contribution in [0.1, 0.15) is 36.6 Å². The number of nitrogens with zero attached hydrogens (tertiary/aromatic N) is 1. The van der Waals surface area contributed by atoms with Gasteiger partial charge in [0, 0.05) is 7.11 Å². The third-order valence-corrected chi connectivity index (χ3v) is 6.10. The highest BCUT2D eigenvalue weighted by Gasteiger charge is 2.52. The quantitative estimate of drug-likeness (QED) is 0.224. The summed E-state index contributed by atoms with van der Waals surface area (Å²) in [5, 5.41) is 35.8. The van der Waals surface area contributed by atoms with Crippen molar-refractivity contribution in [2.75, 3.05) is 27.4 Å². The van der Waals surface area contributed by atoms with E-state index in [0.717, 1.165) is 0 Å². The smallest absolute Gasteiger partial charge is 0.349 e. The lowest BCUT2D eigenvalue weighted by Crippen LogP contribution is -2.62. The number of aliphatic hydroxyl groups excluding tert-OH is 3. The van der Waals surface area contributed by atoms with Crippen molar-refractivity contribution < 1.29 is 38.8 Å². The summed E-state index contributed by atoms with van der Waals surface area (Å²) < 4.78 is 22.8. The van der Waals surface area contributed by atoms with E-state index in [-0.39, 0.29) is 29.2 Å². The summed E-state index contributed by atoms with van der Waals surface area (Å²) in [6, 6.07) is 3.36. The van der Waals surface area contributed by atoms with Crippen LogP contribution in [-0.4, -0.2) is 72.4 Å². The molecule has 186 valence electrons. The molecule has 2 aromatic rings. The minimum atomic E-state index is -1.36. The molecule has 3 rings (SSSR count). The number of hydrogen-bond donors (Lipinski definition) is 3. The molecule has 1 aliphatic heterocycles. The topological polar surface area (TPSA) is 140 Å². The fourth-order valence-electron chi connectivity index (χ4n) is 4.39. The van der Waals surface area contributed by atoms with Crippen LogP contribution in [0.5, 0.6) is 5.75 Å².